The van der Waals surface area contributed by atoms with Crippen LogP contribution in [-0.4, -0.2) is 113 Å². The van der Waals surface area contributed by atoms with Crippen molar-refractivity contribution < 1.29 is 76.3 Å². The van der Waals surface area contributed by atoms with Gasteiger partial charge in [0, 0.05) is 47.0 Å². The summed E-state index contributed by atoms with van der Waals surface area (Å²) in [5.41, 5.74) is -3.85. The number of carbonyl (C=O) groups excluding carboxylic acids is 8. The normalized spacial score (nSPS) is 16.7. The van der Waals surface area contributed by atoms with Crippen molar-refractivity contribution in [3.05, 3.63) is 73.9 Å². The van der Waals surface area contributed by atoms with Crippen LogP contribution in [0.1, 0.15) is 67.7 Å². The summed E-state index contributed by atoms with van der Waals surface area (Å²) >= 11 is 0. The van der Waals surface area contributed by atoms with Crippen molar-refractivity contribution >= 4 is 48.0 Å². The van der Waals surface area contributed by atoms with Crippen molar-refractivity contribution in [3.63, 3.8) is 0 Å². The molecule has 0 spiro atoms. The molecule has 1 rings (SSSR count). The summed E-state index contributed by atoms with van der Waals surface area (Å²) in [6.07, 6.45) is 1.49. The molecule has 0 aromatic heterocycles. The molecule has 2 unspecified atom stereocenters. The Bertz CT molecular complexity index is 1720. The Kier molecular flexibility index (Phi) is 21.1. The van der Waals surface area contributed by atoms with E-state index in [2.05, 4.69) is 50.1 Å². The Hall–Kier alpha value is -6.20. The number of rotatable bonds is 25. The van der Waals surface area contributed by atoms with Crippen LogP contribution >= 0.6 is 0 Å². The molecule has 1 saturated carbocycles. The average Bonchev–Trinajstić information content (AvgIpc) is 3.19. The number of hydrogen-bond donors (Lipinski definition) is 2. The van der Waals surface area contributed by atoms with Crippen LogP contribution in [0, 0.1) is 21.7 Å². The molecule has 0 bridgehead atoms. The first-order chi connectivity index (χ1) is 28.7. The number of ether oxygens (including phenoxy) is 8. The quantitative estimate of drug-likeness (QED) is 0.0703. The molecule has 18 nitrogen and oxygen atoms in total. The van der Waals surface area contributed by atoms with Gasteiger partial charge in [-0.05, 0) is 57.8 Å². The SMILES string of the molecule is C=CC(=O)OCC(COC(=O)NCC1(C)CC(NC(=O)OCC(COC(=O)C=C)(COC(=O)C(=C)C)COC(=O)C(=C)C)CC(C)(C)C1)(COC(=O)C(=C)C)COC(=O)C(=C)C. The van der Waals surface area contributed by atoms with Crippen LogP contribution in [0.25, 0.3) is 0 Å². The second-order valence-corrected chi connectivity index (χ2v) is 17.0. The fraction of sp³-hybridized carbons (Fsp3) is 0.545. The third-order valence-corrected chi connectivity index (χ3v) is 9.25. The Morgan fingerprint density at radius 2 is 0.855 bits per heavy atom. The Morgan fingerprint density at radius 1 is 0.532 bits per heavy atom. The maximum Gasteiger partial charge on any atom is 0.407 e. The van der Waals surface area contributed by atoms with E-state index in [0.717, 1.165) is 12.2 Å². The van der Waals surface area contributed by atoms with Crippen molar-refractivity contribution in [1.29, 1.82) is 0 Å². The highest BCUT2D eigenvalue weighted by molar-refractivity contribution is 5.88. The van der Waals surface area contributed by atoms with Gasteiger partial charge in [-0.3, -0.25) is 0 Å². The largest absolute Gasteiger partial charge is 0.462 e. The summed E-state index contributed by atoms with van der Waals surface area (Å²) in [5, 5.41) is 5.59. The highest BCUT2D eigenvalue weighted by Crippen LogP contribution is 2.46. The second kappa shape index (κ2) is 24.3. The van der Waals surface area contributed by atoms with E-state index >= 15 is 0 Å². The highest BCUT2D eigenvalue weighted by atomic mass is 16.6. The predicted molar refractivity (Wildman–Crippen MR) is 224 cm³/mol. The smallest absolute Gasteiger partial charge is 0.407 e. The maximum atomic E-state index is 13.4. The van der Waals surface area contributed by atoms with Crippen molar-refractivity contribution in [1.82, 2.24) is 10.6 Å². The zero-order valence-electron chi connectivity index (χ0n) is 37.0. The van der Waals surface area contributed by atoms with Crippen LogP contribution in [0.3, 0.4) is 0 Å². The van der Waals surface area contributed by atoms with E-state index in [9.17, 15) is 38.4 Å². The van der Waals surface area contributed by atoms with Gasteiger partial charge in [0.25, 0.3) is 0 Å². The van der Waals surface area contributed by atoms with Crippen LogP contribution in [0.4, 0.5) is 9.59 Å². The minimum Gasteiger partial charge on any atom is -0.462 e. The van der Waals surface area contributed by atoms with Gasteiger partial charge >= 0.3 is 48.0 Å². The maximum absolute atomic E-state index is 13.4. The zero-order valence-corrected chi connectivity index (χ0v) is 37.0. The number of alkyl carbamates (subject to hydrolysis) is 2. The van der Waals surface area contributed by atoms with Crippen molar-refractivity contribution in [2.45, 2.75) is 73.8 Å². The summed E-state index contributed by atoms with van der Waals surface area (Å²) in [5.74, 6) is -4.83. The predicted octanol–water partition coefficient (Wildman–Crippen LogP) is 4.93. The van der Waals surface area contributed by atoms with Gasteiger partial charge in [0.05, 0.1) is 0 Å². The third-order valence-electron chi connectivity index (χ3n) is 9.25. The molecule has 344 valence electrons. The molecule has 1 aliphatic carbocycles. The molecule has 0 aromatic rings. The van der Waals surface area contributed by atoms with E-state index in [1.54, 1.807) is 0 Å². The van der Waals surface area contributed by atoms with Gasteiger partial charge in [-0.1, -0.05) is 60.2 Å². The molecule has 1 fully saturated rings. The molecule has 2 N–H and O–H groups in total. The number of esters is 6. The molecule has 0 aliphatic heterocycles. The minimum absolute atomic E-state index is 0.0622. The van der Waals surface area contributed by atoms with Gasteiger partial charge in [-0.2, -0.15) is 0 Å². The van der Waals surface area contributed by atoms with Gasteiger partial charge in [-0.15, -0.1) is 0 Å². The minimum atomic E-state index is -1.56. The lowest BCUT2D eigenvalue weighted by Crippen LogP contribution is -2.51. The molecular formula is C44H62N2O16. The van der Waals surface area contributed by atoms with Crippen LogP contribution in [0.2, 0.25) is 0 Å². The van der Waals surface area contributed by atoms with Crippen LogP contribution in [-0.2, 0) is 66.7 Å². The molecule has 0 radical (unpaired) electrons. The number of hydrogen-bond acceptors (Lipinski definition) is 16. The summed E-state index contributed by atoms with van der Waals surface area (Å²) < 4.78 is 42.9. The number of amides is 2. The molecule has 2 atom stereocenters. The monoisotopic (exact) mass is 874 g/mol. The van der Waals surface area contributed by atoms with Gasteiger partial charge in [0.1, 0.15) is 63.7 Å². The molecule has 0 heterocycles. The van der Waals surface area contributed by atoms with Crippen LogP contribution in [0.5, 0.6) is 0 Å². The lowest BCUT2D eigenvalue weighted by Gasteiger charge is -2.46. The third kappa shape index (κ3) is 19.5. The summed E-state index contributed by atoms with van der Waals surface area (Å²) in [6.45, 7) is 28.4. The first kappa shape index (κ1) is 53.8. The lowest BCUT2D eigenvalue weighted by atomic mass is 9.62. The molecule has 0 saturated heterocycles. The van der Waals surface area contributed by atoms with Gasteiger partial charge < -0.3 is 48.5 Å². The fourth-order valence-corrected chi connectivity index (χ4v) is 6.29. The standard InChI is InChI=1S/C44H62N2O16/c1-14-33(47)55-20-43(22-57-35(49)28(3)4,23-58-36(50)29(5)6)26-61-39(53)45-19-42(13)17-32(16-41(11,12)18-42)46-40(54)62-27-44(21-56-34(48)15-2,24-59-37(51)30(7)8)25-60-38(52)31(9)10/h14-15,32H,1-3,5,7,9,16-27H2,4,6,8,10-13H3,(H,45,53)(H,46,54). The lowest BCUT2D eigenvalue weighted by molar-refractivity contribution is -0.162. The average molecular weight is 875 g/mol. The zero-order chi connectivity index (χ0) is 47.5. The van der Waals surface area contributed by atoms with Crippen molar-refractivity contribution in [2.24, 2.45) is 21.7 Å². The molecule has 62 heavy (non-hydrogen) atoms. The first-order valence-electron chi connectivity index (χ1n) is 19.4. The molecule has 1 aliphatic rings. The number of carbonyl (C=O) groups is 8. The topological polar surface area (TPSA) is 234 Å². The van der Waals surface area contributed by atoms with Gasteiger partial charge in [0.2, 0.25) is 0 Å². The van der Waals surface area contributed by atoms with Crippen molar-refractivity contribution in [3.8, 4) is 0 Å². The van der Waals surface area contributed by atoms with E-state index in [-0.39, 0.29) is 34.3 Å². The Balaban J connectivity index is 3.22. The fourth-order valence-electron chi connectivity index (χ4n) is 6.29. The summed E-state index contributed by atoms with van der Waals surface area (Å²) in [7, 11) is 0. The van der Waals surface area contributed by atoms with E-state index < -0.39 is 123 Å². The molecule has 2 amide bonds. The van der Waals surface area contributed by atoms with Crippen molar-refractivity contribution in [2.75, 3.05) is 59.4 Å². The van der Waals surface area contributed by atoms with E-state index in [4.69, 9.17) is 37.9 Å². The summed E-state index contributed by atoms with van der Waals surface area (Å²) in [6, 6.07) is -0.484. The van der Waals surface area contributed by atoms with E-state index in [1.165, 1.54) is 27.7 Å². The number of nitrogens with one attached hydrogen (secondary N) is 2. The van der Waals surface area contributed by atoms with E-state index in [0.29, 0.717) is 19.3 Å². The Labute approximate surface area is 363 Å². The van der Waals surface area contributed by atoms with Crippen LogP contribution < -0.4 is 10.6 Å². The van der Waals surface area contributed by atoms with E-state index in [1.807, 2.05) is 20.8 Å². The molecular weight excluding hydrogens is 812 g/mol. The molecule has 0 aromatic carbocycles. The van der Waals surface area contributed by atoms with Gasteiger partial charge in [0.15, 0.2) is 0 Å². The highest BCUT2D eigenvalue weighted by Gasteiger charge is 2.44. The van der Waals surface area contributed by atoms with Gasteiger partial charge in [-0.25, -0.2) is 38.4 Å². The summed E-state index contributed by atoms with van der Waals surface area (Å²) in [4.78, 5) is 100. The Morgan fingerprint density at radius 3 is 1.19 bits per heavy atom. The second-order valence-electron chi connectivity index (χ2n) is 17.0. The van der Waals surface area contributed by atoms with Crippen LogP contribution in [0.15, 0.2) is 73.9 Å². The molecule has 18 heteroatoms. The first-order valence-corrected chi connectivity index (χ1v) is 19.4.